The Bertz CT molecular complexity index is 709. The molecule has 0 aliphatic rings. The van der Waals surface area contributed by atoms with Gasteiger partial charge in [0.15, 0.2) is 0 Å². The van der Waals surface area contributed by atoms with E-state index in [1.165, 1.54) is 14.0 Å². The highest BCUT2D eigenvalue weighted by Gasteiger charge is 2.08. The number of aromatic nitrogens is 2. The fourth-order valence-corrected chi connectivity index (χ4v) is 2.09. The number of rotatable bonds is 6. The van der Waals surface area contributed by atoms with Gasteiger partial charge in [-0.1, -0.05) is 0 Å². The van der Waals surface area contributed by atoms with Crippen molar-refractivity contribution < 1.29 is 14.3 Å². The zero-order valence-corrected chi connectivity index (χ0v) is 13.4. The van der Waals surface area contributed by atoms with E-state index in [4.69, 9.17) is 4.74 Å². The maximum Gasteiger partial charge on any atom is 0.226 e. The Morgan fingerprint density at radius 2 is 2.09 bits per heavy atom. The van der Waals surface area contributed by atoms with E-state index in [0.29, 0.717) is 30.1 Å². The predicted molar refractivity (Wildman–Crippen MR) is 87.5 cm³/mol. The molecule has 2 rings (SSSR count). The van der Waals surface area contributed by atoms with Crippen molar-refractivity contribution >= 4 is 23.2 Å². The van der Waals surface area contributed by atoms with Crippen molar-refractivity contribution in [2.75, 3.05) is 17.7 Å². The van der Waals surface area contributed by atoms with Crippen molar-refractivity contribution in [1.82, 2.24) is 9.78 Å². The molecule has 0 spiro atoms. The molecule has 2 N–H and O–H groups in total. The fourth-order valence-electron chi connectivity index (χ4n) is 2.09. The first kappa shape index (κ1) is 16.5. The number of hydrogen-bond donors (Lipinski definition) is 2. The maximum atomic E-state index is 12.0. The summed E-state index contributed by atoms with van der Waals surface area (Å²) in [6.07, 6.45) is 3.96. The van der Waals surface area contributed by atoms with Crippen molar-refractivity contribution in [3.8, 4) is 5.75 Å². The van der Waals surface area contributed by atoms with Crippen LogP contribution in [-0.2, 0) is 16.1 Å². The normalized spacial score (nSPS) is 10.2. The van der Waals surface area contributed by atoms with Crippen molar-refractivity contribution in [3.05, 3.63) is 36.2 Å². The lowest BCUT2D eigenvalue weighted by Gasteiger charge is -2.12. The van der Waals surface area contributed by atoms with Gasteiger partial charge < -0.3 is 15.4 Å². The van der Waals surface area contributed by atoms with Crippen molar-refractivity contribution in [2.24, 2.45) is 0 Å². The third kappa shape index (κ3) is 4.84. The number of ether oxygens (including phenoxy) is 1. The number of nitrogens with one attached hydrogen (secondary N) is 2. The second-order valence-corrected chi connectivity index (χ2v) is 5.18. The summed E-state index contributed by atoms with van der Waals surface area (Å²) in [4.78, 5) is 23.1. The molecule has 1 heterocycles. The molecule has 1 aromatic heterocycles. The number of anilines is 2. The zero-order chi connectivity index (χ0) is 16.8. The van der Waals surface area contributed by atoms with E-state index in [-0.39, 0.29) is 11.8 Å². The van der Waals surface area contributed by atoms with Gasteiger partial charge in [-0.15, -0.1) is 0 Å². The maximum absolute atomic E-state index is 12.0. The molecule has 122 valence electrons. The van der Waals surface area contributed by atoms with Crippen molar-refractivity contribution in [2.45, 2.75) is 26.8 Å². The molecule has 7 heteroatoms. The summed E-state index contributed by atoms with van der Waals surface area (Å²) in [6.45, 7) is 3.89. The van der Waals surface area contributed by atoms with Crippen LogP contribution in [0.5, 0.6) is 5.75 Å². The van der Waals surface area contributed by atoms with Gasteiger partial charge in [-0.25, -0.2) is 0 Å². The van der Waals surface area contributed by atoms with Crippen LogP contribution >= 0.6 is 0 Å². The minimum absolute atomic E-state index is 0.118. The summed E-state index contributed by atoms with van der Waals surface area (Å²) in [5, 5.41) is 9.60. The van der Waals surface area contributed by atoms with E-state index in [0.717, 1.165) is 5.56 Å². The molecule has 0 aliphatic heterocycles. The molecule has 2 amide bonds. The van der Waals surface area contributed by atoms with Crippen LogP contribution < -0.4 is 15.4 Å². The molecule has 0 atom stereocenters. The summed E-state index contributed by atoms with van der Waals surface area (Å²) in [5.74, 6) is 0.183. The molecule has 0 fully saturated rings. The summed E-state index contributed by atoms with van der Waals surface area (Å²) >= 11 is 0. The Morgan fingerprint density at radius 3 is 2.70 bits per heavy atom. The standard InChI is InChI=1S/C16H20N4O3/c1-11-9-17-20(10-11)7-6-16(22)19-13-4-5-14(18-12(2)21)15(8-13)23-3/h4-5,8-10H,6-7H2,1-3H3,(H,18,21)(H,19,22). The predicted octanol–water partition coefficient (Wildman–Crippen LogP) is 2.19. The molecule has 0 saturated heterocycles. The first-order valence-electron chi connectivity index (χ1n) is 7.22. The Morgan fingerprint density at radius 1 is 1.30 bits per heavy atom. The number of carbonyl (C=O) groups is 2. The van der Waals surface area contributed by atoms with Gasteiger partial charge in [0.1, 0.15) is 5.75 Å². The van der Waals surface area contributed by atoms with Crippen LogP contribution in [0.1, 0.15) is 18.9 Å². The van der Waals surface area contributed by atoms with E-state index in [9.17, 15) is 9.59 Å². The lowest BCUT2D eigenvalue weighted by molar-refractivity contribution is -0.116. The fraction of sp³-hybridized carbons (Fsp3) is 0.312. The van der Waals surface area contributed by atoms with Crippen LogP contribution in [0.3, 0.4) is 0 Å². The monoisotopic (exact) mass is 316 g/mol. The number of amides is 2. The number of hydrogen-bond acceptors (Lipinski definition) is 4. The summed E-state index contributed by atoms with van der Waals surface area (Å²) in [6, 6.07) is 5.07. The highest BCUT2D eigenvalue weighted by Crippen LogP contribution is 2.28. The lowest BCUT2D eigenvalue weighted by atomic mass is 10.2. The number of aryl methyl sites for hydroxylation is 2. The van der Waals surface area contributed by atoms with Crippen LogP contribution in [0.15, 0.2) is 30.6 Å². The quantitative estimate of drug-likeness (QED) is 0.855. The highest BCUT2D eigenvalue weighted by atomic mass is 16.5. The van der Waals surface area contributed by atoms with Gasteiger partial charge in [0, 0.05) is 37.8 Å². The van der Waals surface area contributed by atoms with Crippen LogP contribution in [0, 0.1) is 6.92 Å². The molecule has 0 saturated carbocycles. The molecule has 0 bridgehead atoms. The van der Waals surface area contributed by atoms with Gasteiger partial charge >= 0.3 is 0 Å². The number of carbonyl (C=O) groups excluding carboxylic acids is 2. The Balaban J connectivity index is 1.96. The Hall–Kier alpha value is -2.83. The van der Waals surface area contributed by atoms with Crippen molar-refractivity contribution in [3.63, 3.8) is 0 Å². The summed E-state index contributed by atoms with van der Waals surface area (Å²) in [5.41, 5.74) is 2.23. The Labute approximate surface area is 134 Å². The highest BCUT2D eigenvalue weighted by molar-refractivity contribution is 5.93. The van der Waals surface area contributed by atoms with Crippen LogP contribution in [-0.4, -0.2) is 28.7 Å². The van der Waals surface area contributed by atoms with E-state index in [1.807, 2.05) is 13.1 Å². The molecular formula is C16H20N4O3. The van der Waals surface area contributed by atoms with Gasteiger partial charge in [-0.05, 0) is 24.6 Å². The van der Waals surface area contributed by atoms with E-state index in [2.05, 4.69) is 15.7 Å². The zero-order valence-electron chi connectivity index (χ0n) is 13.4. The van der Waals surface area contributed by atoms with E-state index >= 15 is 0 Å². The van der Waals surface area contributed by atoms with Gasteiger partial charge in [0.2, 0.25) is 11.8 Å². The van der Waals surface area contributed by atoms with Gasteiger partial charge in [-0.3, -0.25) is 14.3 Å². The number of nitrogens with zero attached hydrogens (tertiary/aromatic N) is 2. The molecule has 0 aliphatic carbocycles. The van der Waals surface area contributed by atoms with E-state index in [1.54, 1.807) is 29.1 Å². The average Bonchev–Trinajstić information content (AvgIpc) is 2.92. The Kier molecular flexibility index (Phi) is 5.35. The molecular weight excluding hydrogens is 296 g/mol. The van der Waals surface area contributed by atoms with Gasteiger partial charge in [0.05, 0.1) is 19.0 Å². The molecule has 1 aromatic carbocycles. The first-order chi connectivity index (χ1) is 11.0. The average molecular weight is 316 g/mol. The molecule has 7 nitrogen and oxygen atoms in total. The summed E-state index contributed by atoms with van der Waals surface area (Å²) in [7, 11) is 1.51. The van der Waals surface area contributed by atoms with E-state index < -0.39 is 0 Å². The molecule has 0 radical (unpaired) electrons. The van der Waals surface area contributed by atoms with Crippen LogP contribution in [0.4, 0.5) is 11.4 Å². The van der Waals surface area contributed by atoms with Crippen molar-refractivity contribution in [1.29, 1.82) is 0 Å². The number of benzene rings is 1. The van der Waals surface area contributed by atoms with Gasteiger partial charge in [0.25, 0.3) is 0 Å². The molecule has 0 unspecified atom stereocenters. The first-order valence-corrected chi connectivity index (χ1v) is 7.22. The van der Waals surface area contributed by atoms with Crippen LogP contribution in [0.2, 0.25) is 0 Å². The minimum Gasteiger partial charge on any atom is -0.494 e. The van der Waals surface area contributed by atoms with Crippen LogP contribution in [0.25, 0.3) is 0 Å². The minimum atomic E-state index is -0.186. The smallest absolute Gasteiger partial charge is 0.226 e. The second kappa shape index (κ2) is 7.44. The lowest BCUT2D eigenvalue weighted by Crippen LogP contribution is -2.15. The third-order valence-corrected chi connectivity index (χ3v) is 3.13. The molecule has 23 heavy (non-hydrogen) atoms. The third-order valence-electron chi connectivity index (χ3n) is 3.13. The molecule has 2 aromatic rings. The SMILES string of the molecule is COc1cc(NC(=O)CCn2cc(C)cn2)ccc1NC(C)=O. The summed E-state index contributed by atoms with van der Waals surface area (Å²) < 4.78 is 6.95. The topological polar surface area (TPSA) is 85.2 Å². The number of methoxy groups -OCH3 is 1. The second-order valence-electron chi connectivity index (χ2n) is 5.18. The largest absolute Gasteiger partial charge is 0.494 e. The van der Waals surface area contributed by atoms with Gasteiger partial charge in [-0.2, -0.15) is 5.10 Å².